The summed E-state index contributed by atoms with van der Waals surface area (Å²) in [6.45, 7) is 0. The zero-order chi connectivity index (χ0) is 15.4. The molecule has 108 valence electrons. The first kappa shape index (κ1) is 15.2. The van der Waals surface area contributed by atoms with Gasteiger partial charge in [0.2, 0.25) is 0 Å². The number of nitrogens with one attached hydrogen (secondary N) is 2. The van der Waals surface area contributed by atoms with Crippen molar-refractivity contribution < 1.29 is 14.7 Å². The summed E-state index contributed by atoms with van der Waals surface area (Å²) in [7, 11) is 0. The van der Waals surface area contributed by atoms with Crippen LogP contribution in [0.3, 0.4) is 0 Å². The van der Waals surface area contributed by atoms with Gasteiger partial charge in [0.1, 0.15) is 5.75 Å². The highest BCUT2D eigenvalue weighted by Crippen LogP contribution is 2.22. The Kier molecular flexibility index (Phi) is 4.67. The molecular weight excluding hydrogens is 315 g/mol. The van der Waals surface area contributed by atoms with Crippen molar-refractivity contribution in [2.24, 2.45) is 0 Å². The molecule has 2 rings (SSSR count). The summed E-state index contributed by atoms with van der Waals surface area (Å²) in [5.74, 6) is -1.65. The van der Waals surface area contributed by atoms with E-state index in [-0.39, 0.29) is 5.75 Å². The molecule has 0 unspecified atom stereocenters. The Morgan fingerprint density at radius 2 is 1.29 bits per heavy atom. The quantitative estimate of drug-likeness (QED) is 0.586. The molecule has 0 aliphatic carbocycles. The van der Waals surface area contributed by atoms with Gasteiger partial charge in [-0.3, -0.25) is 9.59 Å². The largest absolute Gasteiger partial charge is 0.508 e. The molecule has 0 radical (unpaired) electrons. The van der Waals surface area contributed by atoms with Gasteiger partial charge in [0, 0.05) is 21.4 Å². The number of amides is 2. The smallest absolute Gasteiger partial charge is 0.314 e. The number of phenolic OH excluding ortho intramolecular Hbond substituents is 1. The summed E-state index contributed by atoms with van der Waals surface area (Å²) in [4.78, 5) is 23.5. The van der Waals surface area contributed by atoms with Crippen LogP contribution in [0.5, 0.6) is 5.75 Å². The van der Waals surface area contributed by atoms with Crippen LogP contribution in [0, 0.1) is 0 Å². The van der Waals surface area contributed by atoms with Crippen LogP contribution in [0.2, 0.25) is 10.0 Å². The van der Waals surface area contributed by atoms with Crippen LogP contribution in [-0.4, -0.2) is 16.9 Å². The van der Waals surface area contributed by atoms with Gasteiger partial charge in [0.05, 0.1) is 0 Å². The Balaban J connectivity index is 2.02. The third kappa shape index (κ3) is 4.37. The van der Waals surface area contributed by atoms with Crippen LogP contribution in [0.15, 0.2) is 42.5 Å². The lowest BCUT2D eigenvalue weighted by Gasteiger charge is -2.07. The first-order chi connectivity index (χ1) is 9.94. The molecule has 0 heterocycles. The highest BCUT2D eigenvalue weighted by Gasteiger charge is 2.14. The topological polar surface area (TPSA) is 78.4 Å². The monoisotopic (exact) mass is 324 g/mol. The molecule has 2 aromatic rings. The maximum Gasteiger partial charge on any atom is 0.314 e. The number of carbonyl (C=O) groups is 2. The van der Waals surface area contributed by atoms with E-state index in [0.717, 1.165) is 0 Å². The van der Waals surface area contributed by atoms with Crippen molar-refractivity contribution in [1.29, 1.82) is 0 Å². The van der Waals surface area contributed by atoms with Gasteiger partial charge in [-0.15, -0.1) is 0 Å². The maximum absolute atomic E-state index is 11.7. The number of anilines is 2. The molecule has 7 heteroatoms. The summed E-state index contributed by atoms with van der Waals surface area (Å²) in [5, 5.41) is 14.6. The lowest BCUT2D eigenvalue weighted by Crippen LogP contribution is -2.29. The van der Waals surface area contributed by atoms with Gasteiger partial charge >= 0.3 is 11.8 Å². The van der Waals surface area contributed by atoms with Crippen LogP contribution < -0.4 is 10.6 Å². The molecule has 21 heavy (non-hydrogen) atoms. The van der Waals surface area contributed by atoms with Crippen LogP contribution >= 0.6 is 23.2 Å². The average Bonchev–Trinajstić information content (AvgIpc) is 2.40. The number of rotatable bonds is 2. The van der Waals surface area contributed by atoms with Crippen molar-refractivity contribution in [3.63, 3.8) is 0 Å². The molecule has 3 N–H and O–H groups in total. The van der Waals surface area contributed by atoms with Crippen molar-refractivity contribution in [3.05, 3.63) is 52.5 Å². The molecule has 2 aromatic carbocycles. The Morgan fingerprint density at radius 1 is 0.810 bits per heavy atom. The Labute approximate surface area is 130 Å². The fourth-order valence-corrected chi connectivity index (χ4v) is 2.07. The van der Waals surface area contributed by atoms with E-state index in [2.05, 4.69) is 10.6 Å². The molecule has 0 aliphatic heterocycles. The van der Waals surface area contributed by atoms with Crippen molar-refractivity contribution in [3.8, 4) is 5.75 Å². The van der Waals surface area contributed by atoms with E-state index in [9.17, 15) is 9.59 Å². The van der Waals surface area contributed by atoms with E-state index in [4.69, 9.17) is 28.3 Å². The Bertz CT molecular complexity index is 667. The SMILES string of the molecule is O=C(Nc1ccc(O)cc1)C(=O)Nc1cc(Cl)cc(Cl)c1. The maximum atomic E-state index is 11.7. The lowest BCUT2D eigenvalue weighted by atomic mass is 10.3. The highest BCUT2D eigenvalue weighted by molar-refractivity contribution is 6.44. The van der Waals surface area contributed by atoms with Gasteiger partial charge in [-0.25, -0.2) is 0 Å². The summed E-state index contributed by atoms with van der Waals surface area (Å²) >= 11 is 11.6. The third-order valence-corrected chi connectivity index (χ3v) is 2.89. The zero-order valence-corrected chi connectivity index (χ0v) is 12.1. The van der Waals surface area contributed by atoms with Crippen molar-refractivity contribution in [2.45, 2.75) is 0 Å². The predicted octanol–water partition coefficient (Wildman–Crippen LogP) is 3.28. The number of hydrogen-bond donors (Lipinski definition) is 3. The summed E-state index contributed by atoms with van der Waals surface area (Å²) in [6.07, 6.45) is 0. The summed E-state index contributed by atoms with van der Waals surface area (Å²) in [5.41, 5.74) is 0.704. The van der Waals surface area contributed by atoms with E-state index >= 15 is 0 Å². The molecule has 0 bridgehead atoms. The van der Waals surface area contributed by atoms with Gasteiger partial charge < -0.3 is 15.7 Å². The molecule has 0 spiro atoms. The van der Waals surface area contributed by atoms with Crippen molar-refractivity contribution in [2.75, 3.05) is 10.6 Å². The minimum Gasteiger partial charge on any atom is -0.508 e. The van der Waals surface area contributed by atoms with Crippen LogP contribution in [0.1, 0.15) is 0 Å². The lowest BCUT2D eigenvalue weighted by molar-refractivity contribution is -0.132. The van der Waals surface area contributed by atoms with Crippen LogP contribution in [0.4, 0.5) is 11.4 Å². The summed E-state index contributed by atoms with van der Waals surface area (Å²) < 4.78 is 0. The van der Waals surface area contributed by atoms with Gasteiger partial charge in [-0.2, -0.15) is 0 Å². The second-order valence-electron chi connectivity index (χ2n) is 4.11. The number of aromatic hydroxyl groups is 1. The number of hydrogen-bond acceptors (Lipinski definition) is 3. The molecule has 2 amide bonds. The Hall–Kier alpha value is -2.24. The molecule has 0 saturated heterocycles. The number of carbonyl (C=O) groups excluding carboxylic acids is 2. The fraction of sp³-hybridized carbons (Fsp3) is 0. The minimum absolute atomic E-state index is 0.0611. The first-order valence-electron chi connectivity index (χ1n) is 5.81. The van der Waals surface area contributed by atoms with Crippen molar-refractivity contribution in [1.82, 2.24) is 0 Å². The van der Waals surface area contributed by atoms with Gasteiger partial charge in [0.15, 0.2) is 0 Å². The minimum atomic E-state index is -0.860. The standard InChI is InChI=1S/C14H10Cl2N2O3/c15-8-5-9(16)7-11(6-8)18-14(21)13(20)17-10-1-3-12(19)4-2-10/h1-7,19H,(H,17,20)(H,18,21). The van der Waals surface area contributed by atoms with E-state index in [1.54, 1.807) is 0 Å². The van der Waals surface area contributed by atoms with E-state index in [1.165, 1.54) is 42.5 Å². The number of phenols is 1. The predicted molar refractivity (Wildman–Crippen MR) is 81.8 cm³/mol. The van der Waals surface area contributed by atoms with E-state index in [1.807, 2.05) is 0 Å². The van der Waals surface area contributed by atoms with Gasteiger partial charge in [-0.1, -0.05) is 23.2 Å². The number of benzene rings is 2. The molecule has 0 aliphatic rings. The molecule has 0 saturated carbocycles. The highest BCUT2D eigenvalue weighted by atomic mass is 35.5. The van der Waals surface area contributed by atoms with E-state index in [0.29, 0.717) is 21.4 Å². The first-order valence-corrected chi connectivity index (χ1v) is 6.57. The second kappa shape index (κ2) is 6.47. The zero-order valence-electron chi connectivity index (χ0n) is 10.6. The molecule has 0 aromatic heterocycles. The third-order valence-electron chi connectivity index (χ3n) is 2.45. The second-order valence-corrected chi connectivity index (χ2v) is 4.99. The van der Waals surface area contributed by atoms with Crippen LogP contribution in [0.25, 0.3) is 0 Å². The fourth-order valence-electron chi connectivity index (χ4n) is 1.55. The van der Waals surface area contributed by atoms with Crippen molar-refractivity contribution >= 4 is 46.4 Å². The molecular formula is C14H10Cl2N2O3. The average molecular weight is 325 g/mol. The van der Waals surface area contributed by atoms with Gasteiger partial charge in [-0.05, 0) is 42.5 Å². The molecule has 0 atom stereocenters. The number of halogens is 2. The van der Waals surface area contributed by atoms with E-state index < -0.39 is 11.8 Å². The van der Waals surface area contributed by atoms with Gasteiger partial charge in [0.25, 0.3) is 0 Å². The molecule has 0 fully saturated rings. The summed E-state index contributed by atoms with van der Waals surface area (Å²) in [6, 6.07) is 10.2. The van der Waals surface area contributed by atoms with Crippen LogP contribution in [-0.2, 0) is 9.59 Å². The molecule has 5 nitrogen and oxygen atoms in total. The normalized spacial score (nSPS) is 10.0. The Morgan fingerprint density at radius 3 is 1.81 bits per heavy atom.